The van der Waals surface area contributed by atoms with Crippen molar-refractivity contribution < 1.29 is 4.79 Å². The van der Waals surface area contributed by atoms with Crippen LogP contribution in [0, 0.1) is 6.92 Å². The predicted molar refractivity (Wildman–Crippen MR) is 91.0 cm³/mol. The van der Waals surface area contributed by atoms with Crippen molar-refractivity contribution in [3.63, 3.8) is 0 Å². The van der Waals surface area contributed by atoms with Crippen molar-refractivity contribution in [3.05, 3.63) is 57.8 Å². The topological polar surface area (TPSA) is 20.3 Å². The number of amides is 1. The average molecular weight is 338 g/mol. The average Bonchev–Trinajstić information content (AvgIpc) is 3.15. The van der Waals surface area contributed by atoms with Gasteiger partial charge in [0.05, 0.1) is 0 Å². The van der Waals surface area contributed by atoms with E-state index in [-0.39, 0.29) is 11.3 Å². The number of nitrogens with zero attached hydrogens (tertiary/aromatic N) is 1. The first-order valence-corrected chi connectivity index (χ1v) is 9.14. The summed E-state index contributed by atoms with van der Waals surface area (Å²) in [6.45, 7) is 2.86. The van der Waals surface area contributed by atoms with Gasteiger partial charge in [-0.2, -0.15) is 0 Å². The fourth-order valence-corrected chi connectivity index (χ4v) is 5.08. The van der Waals surface area contributed by atoms with Crippen LogP contribution in [0.2, 0.25) is 0 Å². The number of halogens is 1. The first kappa shape index (κ1) is 14.9. The SMILES string of the molecule is Cc1ccc([C@H]2SCCN2C(=O)[C@H](Cl)c2ccccc2)s1. The molecule has 0 aliphatic carbocycles. The lowest BCUT2D eigenvalue weighted by Gasteiger charge is -2.25. The molecule has 2 atom stereocenters. The third-order valence-electron chi connectivity index (χ3n) is 3.49. The van der Waals surface area contributed by atoms with Crippen molar-refractivity contribution >= 4 is 40.6 Å². The summed E-state index contributed by atoms with van der Waals surface area (Å²) in [7, 11) is 0. The van der Waals surface area contributed by atoms with Crippen LogP contribution in [0.5, 0.6) is 0 Å². The highest BCUT2D eigenvalue weighted by Gasteiger charge is 2.35. The molecule has 1 aliphatic rings. The molecule has 1 saturated heterocycles. The predicted octanol–water partition coefficient (Wildman–Crippen LogP) is 4.61. The fraction of sp³-hybridized carbons (Fsp3) is 0.312. The monoisotopic (exact) mass is 337 g/mol. The number of hydrogen-bond donors (Lipinski definition) is 0. The maximum Gasteiger partial charge on any atom is 0.246 e. The van der Waals surface area contributed by atoms with Gasteiger partial charge in [-0.25, -0.2) is 0 Å². The molecule has 2 aromatic rings. The van der Waals surface area contributed by atoms with Gasteiger partial charge in [0.1, 0.15) is 10.8 Å². The van der Waals surface area contributed by atoms with E-state index < -0.39 is 5.38 Å². The van der Waals surface area contributed by atoms with Gasteiger partial charge >= 0.3 is 0 Å². The minimum atomic E-state index is -0.603. The zero-order valence-corrected chi connectivity index (χ0v) is 14.0. The van der Waals surface area contributed by atoms with Crippen LogP contribution < -0.4 is 0 Å². The van der Waals surface area contributed by atoms with E-state index >= 15 is 0 Å². The van der Waals surface area contributed by atoms with Crippen LogP contribution in [0.25, 0.3) is 0 Å². The van der Waals surface area contributed by atoms with Crippen LogP contribution in [-0.2, 0) is 4.79 Å². The Morgan fingerprint density at radius 1 is 1.29 bits per heavy atom. The van der Waals surface area contributed by atoms with E-state index in [2.05, 4.69) is 19.1 Å². The van der Waals surface area contributed by atoms with Crippen molar-refractivity contribution in [1.82, 2.24) is 4.90 Å². The summed E-state index contributed by atoms with van der Waals surface area (Å²) in [5, 5.41) is -0.491. The maximum atomic E-state index is 12.7. The fourth-order valence-electron chi connectivity index (χ4n) is 2.43. The Kier molecular flexibility index (Phi) is 4.57. The largest absolute Gasteiger partial charge is 0.323 e. The van der Waals surface area contributed by atoms with Crippen LogP contribution in [0.4, 0.5) is 0 Å². The smallest absolute Gasteiger partial charge is 0.246 e. The molecular formula is C16H16ClNOS2. The maximum absolute atomic E-state index is 12.7. The number of hydrogen-bond acceptors (Lipinski definition) is 3. The van der Waals surface area contributed by atoms with Gasteiger partial charge in [0, 0.05) is 22.1 Å². The van der Waals surface area contributed by atoms with E-state index in [4.69, 9.17) is 11.6 Å². The number of rotatable bonds is 3. The molecule has 5 heteroatoms. The minimum Gasteiger partial charge on any atom is -0.323 e. The molecule has 1 aromatic carbocycles. The summed E-state index contributed by atoms with van der Waals surface area (Å²) in [6.07, 6.45) is 0. The van der Waals surface area contributed by atoms with Crippen LogP contribution in [0.15, 0.2) is 42.5 Å². The molecule has 110 valence electrons. The Hall–Kier alpha value is -0.970. The second-order valence-electron chi connectivity index (χ2n) is 4.98. The van der Waals surface area contributed by atoms with Gasteiger partial charge in [-0.1, -0.05) is 30.3 Å². The number of carbonyl (C=O) groups excluding carboxylic acids is 1. The lowest BCUT2D eigenvalue weighted by molar-refractivity contribution is -0.131. The second kappa shape index (κ2) is 6.42. The van der Waals surface area contributed by atoms with Crippen LogP contribution in [-0.4, -0.2) is 23.1 Å². The number of alkyl halides is 1. The van der Waals surface area contributed by atoms with Gasteiger partial charge in [0.15, 0.2) is 0 Å². The zero-order chi connectivity index (χ0) is 14.8. The molecule has 0 N–H and O–H groups in total. The number of aryl methyl sites for hydroxylation is 1. The first-order valence-electron chi connectivity index (χ1n) is 6.84. The first-order chi connectivity index (χ1) is 10.2. The third-order valence-corrected chi connectivity index (χ3v) is 6.37. The molecule has 0 bridgehead atoms. The number of thioether (sulfide) groups is 1. The summed E-state index contributed by atoms with van der Waals surface area (Å²) in [5.74, 6) is 0.968. The van der Waals surface area contributed by atoms with E-state index in [1.165, 1.54) is 9.75 Å². The molecule has 2 heterocycles. The van der Waals surface area contributed by atoms with E-state index in [9.17, 15) is 4.79 Å². The Morgan fingerprint density at radius 3 is 2.71 bits per heavy atom. The van der Waals surface area contributed by atoms with E-state index in [1.54, 1.807) is 11.3 Å². The van der Waals surface area contributed by atoms with Gasteiger partial charge in [0.2, 0.25) is 5.91 Å². The van der Waals surface area contributed by atoms with Crippen molar-refractivity contribution in [1.29, 1.82) is 0 Å². The van der Waals surface area contributed by atoms with E-state index in [0.717, 1.165) is 17.9 Å². The highest BCUT2D eigenvalue weighted by molar-refractivity contribution is 7.99. The quantitative estimate of drug-likeness (QED) is 0.762. The van der Waals surface area contributed by atoms with Gasteiger partial charge in [-0.3, -0.25) is 4.79 Å². The van der Waals surface area contributed by atoms with Gasteiger partial charge in [0.25, 0.3) is 0 Å². The van der Waals surface area contributed by atoms with E-state index in [0.29, 0.717) is 0 Å². The highest BCUT2D eigenvalue weighted by atomic mass is 35.5. The Labute approximate surface area is 138 Å². The Morgan fingerprint density at radius 2 is 2.05 bits per heavy atom. The highest BCUT2D eigenvalue weighted by Crippen LogP contribution is 2.42. The Balaban J connectivity index is 1.80. The molecule has 1 aromatic heterocycles. The second-order valence-corrected chi connectivity index (χ2v) is 7.92. The number of benzene rings is 1. The Bertz CT molecular complexity index is 628. The molecule has 1 aliphatic heterocycles. The molecule has 3 rings (SSSR count). The summed E-state index contributed by atoms with van der Waals surface area (Å²) in [4.78, 5) is 17.1. The summed E-state index contributed by atoms with van der Waals surface area (Å²) >= 11 is 9.97. The van der Waals surface area contributed by atoms with Gasteiger partial charge in [-0.05, 0) is 24.6 Å². The molecule has 0 spiro atoms. The standard InChI is InChI=1S/C16H16ClNOS2/c1-11-7-8-13(21-11)16-18(9-10-20-16)15(19)14(17)12-5-3-2-4-6-12/h2-8,14,16H,9-10H2,1H3/t14-,16-/m1/s1. The van der Waals surface area contributed by atoms with Gasteiger partial charge in [-0.15, -0.1) is 34.7 Å². The van der Waals surface area contributed by atoms with Crippen LogP contribution in [0.3, 0.4) is 0 Å². The van der Waals surface area contributed by atoms with Crippen molar-refractivity contribution in [3.8, 4) is 0 Å². The summed E-state index contributed by atoms with van der Waals surface area (Å²) < 4.78 is 0. The molecule has 0 unspecified atom stereocenters. The zero-order valence-electron chi connectivity index (χ0n) is 11.7. The molecule has 1 amide bonds. The summed E-state index contributed by atoms with van der Waals surface area (Å²) in [5.41, 5.74) is 0.863. The number of thiophene rings is 1. The minimum absolute atomic E-state index is 0.00363. The molecule has 21 heavy (non-hydrogen) atoms. The molecule has 1 fully saturated rings. The molecule has 0 saturated carbocycles. The van der Waals surface area contributed by atoms with Crippen molar-refractivity contribution in [2.75, 3.05) is 12.3 Å². The van der Waals surface area contributed by atoms with E-state index in [1.807, 2.05) is 47.0 Å². The third kappa shape index (κ3) is 3.12. The molecule has 0 radical (unpaired) electrons. The van der Waals surface area contributed by atoms with Crippen LogP contribution >= 0.6 is 34.7 Å². The number of carbonyl (C=O) groups is 1. The lowest BCUT2D eigenvalue weighted by Crippen LogP contribution is -2.32. The van der Waals surface area contributed by atoms with Gasteiger partial charge < -0.3 is 4.90 Å². The van der Waals surface area contributed by atoms with Crippen molar-refractivity contribution in [2.45, 2.75) is 17.7 Å². The molecule has 2 nitrogen and oxygen atoms in total. The van der Waals surface area contributed by atoms with Crippen LogP contribution in [0.1, 0.15) is 26.1 Å². The lowest BCUT2D eigenvalue weighted by atomic mass is 10.1. The molecular weight excluding hydrogens is 322 g/mol. The van der Waals surface area contributed by atoms with Crippen molar-refractivity contribution in [2.24, 2.45) is 0 Å². The normalized spacial score (nSPS) is 19.7. The summed E-state index contributed by atoms with van der Waals surface area (Å²) in [6, 6.07) is 13.8.